The molecular formula is C14H20Cl2FN3O. The van der Waals surface area contributed by atoms with E-state index in [0.717, 1.165) is 31.7 Å². The maximum Gasteiger partial charge on any atom is 0.126 e. The molecule has 1 N–H and O–H groups in total. The molecule has 1 aromatic carbocycles. The summed E-state index contributed by atoms with van der Waals surface area (Å²) in [6.07, 6.45) is 0.377. The van der Waals surface area contributed by atoms with Gasteiger partial charge in [-0.2, -0.15) is 5.26 Å². The van der Waals surface area contributed by atoms with Gasteiger partial charge in [-0.25, -0.2) is 4.39 Å². The van der Waals surface area contributed by atoms with Crippen LogP contribution in [-0.4, -0.2) is 38.2 Å². The molecule has 0 aliphatic carbocycles. The number of hydrogen-bond donors (Lipinski definition) is 1. The lowest BCUT2D eigenvalue weighted by molar-refractivity contribution is 0.172. The normalized spacial score (nSPS) is 16.0. The summed E-state index contributed by atoms with van der Waals surface area (Å²) in [5, 5.41) is 12.3. The standard InChI is InChI=1S/C14H18FN3O.2ClH/c1-19-14-10-11(15)2-3-12(14)13(4-5-16)18-8-6-17-7-9-18;;/h2-3,10,13,17H,4,6-9H2,1H3;2*1H/t13-;;/m1../s1. The topological polar surface area (TPSA) is 48.3 Å². The zero-order valence-corrected chi connectivity index (χ0v) is 13.5. The average Bonchev–Trinajstić information content (AvgIpc) is 2.46. The molecular weight excluding hydrogens is 316 g/mol. The quantitative estimate of drug-likeness (QED) is 0.918. The molecule has 4 nitrogen and oxygen atoms in total. The Morgan fingerprint density at radius 3 is 2.62 bits per heavy atom. The summed E-state index contributed by atoms with van der Waals surface area (Å²) in [6, 6.07) is 6.70. The molecule has 0 unspecified atom stereocenters. The van der Waals surface area contributed by atoms with Crippen molar-refractivity contribution < 1.29 is 9.13 Å². The van der Waals surface area contributed by atoms with Crippen molar-refractivity contribution in [2.75, 3.05) is 33.3 Å². The number of piperazine rings is 1. The predicted molar refractivity (Wildman–Crippen MR) is 84.9 cm³/mol. The van der Waals surface area contributed by atoms with Gasteiger partial charge in [0.1, 0.15) is 11.6 Å². The van der Waals surface area contributed by atoms with Gasteiger partial charge in [-0.05, 0) is 6.07 Å². The van der Waals surface area contributed by atoms with E-state index < -0.39 is 0 Å². The number of nitrogens with one attached hydrogen (secondary N) is 1. The van der Waals surface area contributed by atoms with E-state index in [1.807, 2.05) is 0 Å². The van der Waals surface area contributed by atoms with Crippen LogP contribution in [0.4, 0.5) is 4.39 Å². The first kappa shape index (κ1) is 19.9. The van der Waals surface area contributed by atoms with Gasteiger partial charge in [-0.15, -0.1) is 24.8 Å². The van der Waals surface area contributed by atoms with E-state index in [1.54, 1.807) is 6.07 Å². The molecule has 0 amide bonds. The van der Waals surface area contributed by atoms with Gasteiger partial charge >= 0.3 is 0 Å². The van der Waals surface area contributed by atoms with E-state index in [1.165, 1.54) is 19.2 Å². The van der Waals surface area contributed by atoms with Crippen molar-refractivity contribution in [3.8, 4) is 11.8 Å². The first-order valence-corrected chi connectivity index (χ1v) is 6.41. The first-order chi connectivity index (χ1) is 9.26. The summed E-state index contributed by atoms with van der Waals surface area (Å²) >= 11 is 0. The number of hydrogen-bond acceptors (Lipinski definition) is 4. The molecule has 0 spiro atoms. The van der Waals surface area contributed by atoms with Gasteiger partial charge in [0.25, 0.3) is 0 Å². The number of halogens is 3. The molecule has 1 aromatic rings. The summed E-state index contributed by atoms with van der Waals surface area (Å²) < 4.78 is 18.5. The van der Waals surface area contributed by atoms with Gasteiger partial charge in [-0.3, -0.25) is 4.90 Å². The fraction of sp³-hybridized carbons (Fsp3) is 0.500. The van der Waals surface area contributed by atoms with Crippen LogP contribution in [-0.2, 0) is 0 Å². The fourth-order valence-corrected chi connectivity index (χ4v) is 2.48. The summed E-state index contributed by atoms with van der Waals surface area (Å²) in [7, 11) is 1.53. The van der Waals surface area contributed by atoms with Crippen LogP contribution in [0, 0.1) is 17.1 Å². The Morgan fingerprint density at radius 1 is 1.38 bits per heavy atom. The first-order valence-electron chi connectivity index (χ1n) is 6.41. The lowest BCUT2D eigenvalue weighted by Gasteiger charge is -2.34. The average molecular weight is 336 g/mol. The van der Waals surface area contributed by atoms with Crippen LogP contribution in [0.1, 0.15) is 18.0 Å². The van der Waals surface area contributed by atoms with Crippen molar-refractivity contribution in [2.45, 2.75) is 12.5 Å². The summed E-state index contributed by atoms with van der Waals surface area (Å²) in [5.41, 5.74) is 0.882. The third kappa shape index (κ3) is 5.01. The van der Waals surface area contributed by atoms with Gasteiger partial charge < -0.3 is 10.1 Å². The van der Waals surface area contributed by atoms with Gasteiger partial charge in [0.15, 0.2) is 0 Å². The highest BCUT2D eigenvalue weighted by Gasteiger charge is 2.24. The zero-order chi connectivity index (χ0) is 13.7. The lowest BCUT2D eigenvalue weighted by atomic mass is 10.0. The number of ether oxygens (including phenoxy) is 1. The summed E-state index contributed by atoms with van der Waals surface area (Å²) in [6.45, 7) is 3.58. The Bertz CT molecular complexity index is 476. The van der Waals surface area contributed by atoms with Crippen molar-refractivity contribution in [2.24, 2.45) is 0 Å². The minimum absolute atomic E-state index is 0. The van der Waals surface area contributed by atoms with E-state index >= 15 is 0 Å². The number of rotatable bonds is 4. The molecule has 1 saturated heterocycles. The van der Waals surface area contributed by atoms with E-state index in [4.69, 9.17) is 10.00 Å². The van der Waals surface area contributed by atoms with Crippen LogP contribution in [0.15, 0.2) is 18.2 Å². The zero-order valence-electron chi connectivity index (χ0n) is 11.8. The third-order valence-corrected chi connectivity index (χ3v) is 3.43. The minimum atomic E-state index is -0.323. The molecule has 21 heavy (non-hydrogen) atoms. The Morgan fingerprint density at radius 2 is 2.05 bits per heavy atom. The maximum absolute atomic E-state index is 13.3. The highest BCUT2D eigenvalue weighted by molar-refractivity contribution is 5.85. The smallest absolute Gasteiger partial charge is 0.126 e. The van der Waals surface area contributed by atoms with Crippen molar-refractivity contribution in [1.29, 1.82) is 5.26 Å². The molecule has 0 radical (unpaired) electrons. The van der Waals surface area contributed by atoms with Crippen LogP contribution in [0.5, 0.6) is 5.75 Å². The number of nitrogens with zero attached hydrogens (tertiary/aromatic N) is 2. The Kier molecular flexibility index (Phi) is 9.31. The van der Waals surface area contributed by atoms with Crippen LogP contribution in [0.3, 0.4) is 0 Å². The summed E-state index contributed by atoms with van der Waals surface area (Å²) in [4.78, 5) is 2.25. The van der Waals surface area contributed by atoms with Crippen LogP contribution in [0.2, 0.25) is 0 Å². The molecule has 1 atom stereocenters. The second kappa shape index (κ2) is 9.80. The molecule has 1 heterocycles. The van der Waals surface area contributed by atoms with E-state index in [9.17, 15) is 4.39 Å². The molecule has 1 aliphatic rings. The fourth-order valence-electron chi connectivity index (χ4n) is 2.48. The van der Waals surface area contributed by atoms with Gasteiger partial charge in [0.05, 0.1) is 25.6 Å². The molecule has 7 heteroatoms. The van der Waals surface area contributed by atoms with Crippen LogP contribution >= 0.6 is 24.8 Å². The molecule has 1 fully saturated rings. The van der Waals surface area contributed by atoms with Gasteiger partial charge in [0.2, 0.25) is 0 Å². The SMILES string of the molecule is COc1cc(F)ccc1[C@@H](CC#N)N1CCNCC1.Cl.Cl. The number of methoxy groups -OCH3 is 1. The molecule has 0 bridgehead atoms. The van der Waals surface area contributed by atoms with Gasteiger partial charge in [-0.1, -0.05) is 6.07 Å². The van der Waals surface area contributed by atoms with Gasteiger partial charge in [0, 0.05) is 37.8 Å². The van der Waals surface area contributed by atoms with Crippen molar-refractivity contribution in [1.82, 2.24) is 10.2 Å². The summed E-state index contributed by atoms with van der Waals surface area (Å²) in [5.74, 6) is 0.190. The molecule has 1 aliphatic heterocycles. The lowest BCUT2D eigenvalue weighted by Crippen LogP contribution is -2.45. The van der Waals surface area contributed by atoms with E-state index in [0.29, 0.717) is 12.2 Å². The van der Waals surface area contributed by atoms with Crippen molar-refractivity contribution in [3.05, 3.63) is 29.6 Å². The Balaban J connectivity index is 0.00000200. The van der Waals surface area contributed by atoms with E-state index in [-0.39, 0.29) is 36.7 Å². The highest BCUT2D eigenvalue weighted by Crippen LogP contribution is 2.32. The number of nitriles is 1. The van der Waals surface area contributed by atoms with Crippen LogP contribution in [0.25, 0.3) is 0 Å². The largest absolute Gasteiger partial charge is 0.496 e. The maximum atomic E-state index is 13.3. The molecule has 0 saturated carbocycles. The predicted octanol–water partition coefficient (Wildman–Crippen LogP) is 2.54. The monoisotopic (exact) mass is 335 g/mol. The second-order valence-electron chi connectivity index (χ2n) is 4.55. The molecule has 2 rings (SSSR count). The van der Waals surface area contributed by atoms with Crippen molar-refractivity contribution in [3.63, 3.8) is 0 Å². The molecule has 118 valence electrons. The Labute approximate surface area is 137 Å². The molecule has 0 aromatic heterocycles. The second-order valence-corrected chi connectivity index (χ2v) is 4.55. The van der Waals surface area contributed by atoms with Crippen molar-refractivity contribution >= 4 is 24.8 Å². The van der Waals surface area contributed by atoms with Crippen LogP contribution < -0.4 is 10.1 Å². The number of benzene rings is 1. The highest BCUT2D eigenvalue weighted by atomic mass is 35.5. The van der Waals surface area contributed by atoms with E-state index in [2.05, 4.69) is 16.3 Å². The Hall–Kier alpha value is -1.06. The third-order valence-electron chi connectivity index (χ3n) is 3.43. The minimum Gasteiger partial charge on any atom is -0.496 e.